The molecule has 0 saturated heterocycles. The predicted molar refractivity (Wildman–Crippen MR) is 58.5 cm³/mol. The summed E-state index contributed by atoms with van der Waals surface area (Å²) < 4.78 is 5.41. The van der Waals surface area contributed by atoms with Gasteiger partial charge in [0.15, 0.2) is 0 Å². The molecule has 0 aliphatic heterocycles. The van der Waals surface area contributed by atoms with Gasteiger partial charge in [0.25, 0.3) is 0 Å². The number of aliphatic hydroxyl groups is 1. The van der Waals surface area contributed by atoms with Gasteiger partial charge in [-0.15, -0.1) is 0 Å². The van der Waals surface area contributed by atoms with Crippen molar-refractivity contribution in [3.63, 3.8) is 0 Å². The van der Waals surface area contributed by atoms with Crippen LogP contribution in [0.5, 0.6) is 0 Å². The fourth-order valence-electron chi connectivity index (χ4n) is 1.45. The van der Waals surface area contributed by atoms with Crippen molar-refractivity contribution in [2.24, 2.45) is 0 Å². The van der Waals surface area contributed by atoms with Crippen molar-refractivity contribution in [3.8, 4) is 0 Å². The number of aromatic nitrogens is 1. The molecule has 1 aromatic rings. The van der Waals surface area contributed by atoms with Crippen LogP contribution in [-0.2, 0) is 6.54 Å². The van der Waals surface area contributed by atoms with Gasteiger partial charge >= 0.3 is 0 Å². The van der Waals surface area contributed by atoms with Crippen LogP contribution in [-0.4, -0.2) is 33.7 Å². The minimum absolute atomic E-state index is 0.330. The Morgan fingerprint density at radius 2 is 2.13 bits per heavy atom. The molecule has 0 spiro atoms. The van der Waals surface area contributed by atoms with E-state index >= 15 is 0 Å². The molecule has 1 atom stereocenters. The molecule has 0 saturated carbocycles. The largest absolute Gasteiger partial charge is 0.445 e. The summed E-state index contributed by atoms with van der Waals surface area (Å²) in [6, 6.07) is 0.367. The Kier molecular flexibility index (Phi) is 4.29. The molecule has 1 heterocycles. The third-order valence-corrected chi connectivity index (χ3v) is 2.24. The lowest BCUT2D eigenvalue weighted by atomic mass is 10.2. The van der Waals surface area contributed by atoms with Crippen molar-refractivity contribution in [1.29, 1.82) is 0 Å². The van der Waals surface area contributed by atoms with Crippen molar-refractivity contribution < 1.29 is 9.52 Å². The van der Waals surface area contributed by atoms with Crippen LogP contribution in [0.3, 0.4) is 0 Å². The van der Waals surface area contributed by atoms with Gasteiger partial charge in [0.05, 0.1) is 18.8 Å². The SMILES string of the molecule is Cc1cnc(CN(CC(C)O)C(C)C)o1. The second-order valence-corrected chi connectivity index (χ2v) is 4.24. The summed E-state index contributed by atoms with van der Waals surface area (Å²) in [6.45, 7) is 9.15. The molecule has 86 valence electrons. The van der Waals surface area contributed by atoms with Crippen molar-refractivity contribution in [2.45, 2.75) is 46.4 Å². The number of oxazole rings is 1. The molecule has 0 radical (unpaired) electrons. The Hall–Kier alpha value is -0.870. The van der Waals surface area contributed by atoms with Crippen LogP contribution in [0.1, 0.15) is 32.4 Å². The van der Waals surface area contributed by atoms with Crippen LogP contribution in [0.25, 0.3) is 0 Å². The molecule has 1 N–H and O–H groups in total. The number of aliphatic hydroxyl groups excluding tert-OH is 1. The maximum atomic E-state index is 9.36. The van der Waals surface area contributed by atoms with E-state index in [1.54, 1.807) is 13.1 Å². The zero-order chi connectivity index (χ0) is 11.4. The van der Waals surface area contributed by atoms with E-state index in [0.29, 0.717) is 25.0 Å². The molecule has 0 fully saturated rings. The average molecular weight is 212 g/mol. The lowest BCUT2D eigenvalue weighted by molar-refractivity contribution is 0.0960. The van der Waals surface area contributed by atoms with E-state index < -0.39 is 0 Å². The molecule has 0 aromatic carbocycles. The van der Waals surface area contributed by atoms with Gasteiger partial charge in [-0.1, -0.05) is 0 Å². The molecule has 0 amide bonds. The van der Waals surface area contributed by atoms with Gasteiger partial charge in [-0.25, -0.2) is 4.98 Å². The first kappa shape index (κ1) is 12.2. The van der Waals surface area contributed by atoms with Gasteiger partial charge in [-0.05, 0) is 27.7 Å². The molecule has 0 aliphatic carbocycles. The van der Waals surface area contributed by atoms with Gasteiger partial charge in [0, 0.05) is 12.6 Å². The Morgan fingerprint density at radius 3 is 2.53 bits per heavy atom. The fourth-order valence-corrected chi connectivity index (χ4v) is 1.45. The molecule has 4 nitrogen and oxygen atoms in total. The second kappa shape index (κ2) is 5.28. The van der Waals surface area contributed by atoms with E-state index in [2.05, 4.69) is 23.7 Å². The van der Waals surface area contributed by atoms with Gasteiger partial charge < -0.3 is 9.52 Å². The van der Waals surface area contributed by atoms with Crippen LogP contribution < -0.4 is 0 Å². The molecule has 1 rings (SSSR count). The van der Waals surface area contributed by atoms with E-state index in [1.807, 2.05) is 6.92 Å². The Labute approximate surface area is 90.9 Å². The number of hydrogen-bond donors (Lipinski definition) is 1. The van der Waals surface area contributed by atoms with Crippen molar-refractivity contribution in [2.75, 3.05) is 6.54 Å². The van der Waals surface area contributed by atoms with Crippen LogP contribution in [0.2, 0.25) is 0 Å². The van der Waals surface area contributed by atoms with Crippen LogP contribution >= 0.6 is 0 Å². The number of nitrogens with zero attached hydrogens (tertiary/aromatic N) is 2. The summed E-state index contributed by atoms with van der Waals surface area (Å²) >= 11 is 0. The minimum atomic E-state index is -0.330. The Morgan fingerprint density at radius 1 is 1.47 bits per heavy atom. The third-order valence-electron chi connectivity index (χ3n) is 2.24. The maximum absolute atomic E-state index is 9.36. The van der Waals surface area contributed by atoms with E-state index in [-0.39, 0.29) is 6.10 Å². The lowest BCUT2D eigenvalue weighted by Crippen LogP contribution is -2.36. The zero-order valence-corrected chi connectivity index (χ0v) is 9.90. The molecule has 15 heavy (non-hydrogen) atoms. The maximum Gasteiger partial charge on any atom is 0.208 e. The quantitative estimate of drug-likeness (QED) is 0.805. The lowest BCUT2D eigenvalue weighted by Gasteiger charge is -2.26. The Bertz CT molecular complexity index is 295. The van der Waals surface area contributed by atoms with Gasteiger partial charge in [0.1, 0.15) is 5.76 Å². The fraction of sp³-hybridized carbons (Fsp3) is 0.727. The number of aryl methyl sites for hydroxylation is 1. The molecule has 0 aliphatic rings. The van der Waals surface area contributed by atoms with E-state index in [4.69, 9.17) is 4.42 Å². The number of hydrogen-bond acceptors (Lipinski definition) is 4. The van der Waals surface area contributed by atoms with Crippen LogP contribution in [0.15, 0.2) is 10.6 Å². The van der Waals surface area contributed by atoms with Crippen LogP contribution in [0.4, 0.5) is 0 Å². The third kappa shape index (κ3) is 4.01. The highest BCUT2D eigenvalue weighted by Crippen LogP contribution is 2.09. The summed E-state index contributed by atoms with van der Waals surface area (Å²) in [6.07, 6.45) is 1.39. The summed E-state index contributed by atoms with van der Waals surface area (Å²) in [4.78, 5) is 6.29. The highest BCUT2D eigenvalue weighted by Gasteiger charge is 2.14. The smallest absolute Gasteiger partial charge is 0.208 e. The standard InChI is InChI=1S/C11H20N2O2/c1-8(2)13(6-9(3)14)7-11-12-5-10(4)15-11/h5,8-9,14H,6-7H2,1-4H3. The van der Waals surface area contributed by atoms with Crippen LogP contribution in [0, 0.1) is 6.92 Å². The minimum Gasteiger partial charge on any atom is -0.445 e. The highest BCUT2D eigenvalue weighted by molar-refractivity contribution is 4.91. The predicted octanol–water partition coefficient (Wildman–Crippen LogP) is 1.57. The van der Waals surface area contributed by atoms with Crippen molar-refractivity contribution >= 4 is 0 Å². The van der Waals surface area contributed by atoms with Gasteiger partial charge in [-0.2, -0.15) is 0 Å². The normalized spacial score (nSPS) is 13.8. The molecule has 0 bridgehead atoms. The molecule has 1 aromatic heterocycles. The second-order valence-electron chi connectivity index (χ2n) is 4.24. The summed E-state index contributed by atoms with van der Waals surface area (Å²) in [5, 5.41) is 9.36. The monoisotopic (exact) mass is 212 g/mol. The average Bonchev–Trinajstić information content (AvgIpc) is 2.49. The number of rotatable bonds is 5. The first-order valence-electron chi connectivity index (χ1n) is 5.32. The van der Waals surface area contributed by atoms with Crippen molar-refractivity contribution in [3.05, 3.63) is 17.8 Å². The van der Waals surface area contributed by atoms with E-state index in [0.717, 1.165) is 5.76 Å². The van der Waals surface area contributed by atoms with E-state index in [9.17, 15) is 5.11 Å². The summed E-state index contributed by atoms with van der Waals surface area (Å²) in [5.41, 5.74) is 0. The molecule has 1 unspecified atom stereocenters. The summed E-state index contributed by atoms with van der Waals surface area (Å²) in [5.74, 6) is 1.53. The van der Waals surface area contributed by atoms with Gasteiger partial charge in [0.2, 0.25) is 5.89 Å². The first-order chi connectivity index (χ1) is 6.99. The highest BCUT2D eigenvalue weighted by atomic mass is 16.4. The first-order valence-corrected chi connectivity index (χ1v) is 5.32. The molecular formula is C11H20N2O2. The Balaban J connectivity index is 2.58. The molecule has 4 heteroatoms. The summed E-state index contributed by atoms with van der Waals surface area (Å²) in [7, 11) is 0. The van der Waals surface area contributed by atoms with Gasteiger partial charge in [-0.3, -0.25) is 4.90 Å². The van der Waals surface area contributed by atoms with Crippen molar-refractivity contribution in [1.82, 2.24) is 9.88 Å². The molecular weight excluding hydrogens is 192 g/mol. The topological polar surface area (TPSA) is 49.5 Å². The van der Waals surface area contributed by atoms with E-state index in [1.165, 1.54) is 0 Å². The zero-order valence-electron chi connectivity index (χ0n) is 9.90.